The first-order chi connectivity index (χ1) is 9.31. The van der Waals surface area contributed by atoms with Crippen molar-refractivity contribution < 1.29 is 0 Å². The lowest BCUT2D eigenvalue weighted by Crippen LogP contribution is -2.29. The lowest BCUT2D eigenvalue weighted by atomic mass is 9.94. The molecular formula is C15H20N4. The monoisotopic (exact) mass is 256 g/mol. The van der Waals surface area contributed by atoms with E-state index in [0.717, 1.165) is 48.2 Å². The lowest BCUT2D eigenvalue weighted by Gasteiger charge is -2.22. The summed E-state index contributed by atoms with van der Waals surface area (Å²) in [5.41, 5.74) is 3.21. The number of nitrogens with one attached hydrogen (secondary N) is 2. The molecule has 2 N–H and O–H groups in total. The molecule has 4 heteroatoms. The lowest BCUT2D eigenvalue weighted by molar-refractivity contribution is 0.367. The van der Waals surface area contributed by atoms with Crippen molar-refractivity contribution in [1.82, 2.24) is 20.3 Å². The Labute approximate surface area is 113 Å². The highest BCUT2D eigenvalue weighted by Crippen LogP contribution is 2.20. The van der Waals surface area contributed by atoms with Gasteiger partial charge in [-0.05, 0) is 50.9 Å². The SMILES string of the molecule is Cc1cc(-c2cc[nH]c2)nc(CC2CCNCC2)n1. The Morgan fingerprint density at radius 2 is 2.11 bits per heavy atom. The normalized spacial score (nSPS) is 16.7. The summed E-state index contributed by atoms with van der Waals surface area (Å²) in [6.07, 6.45) is 7.38. The van der Waals surface area contributed by atoms with E-state index >= 15 is 0 Å². The number of hydrogen-bond donors (Lipinski definition) is 2. The van der Waals surface area contributed by atoms with E-state index in [0.29, 0.717) is 0 Å². The summed E-state index contributed by atoms with van der Waals surface area (Å²) in [7, 11) is 0. The molecule has 1 aliphatic heterocycles. The fourth-order valence-electron chi connectivity index (χ4n) is 2.70. The average Bonchev–Trinajstić information content (AvgIpc) is 2.93. The highest BCUT2D eigenvalue weighted by Gasteiger charge is 2.15. The molecule has 0 spiro atoms. The van der Waals surface area contributed by atoms with Gasteiger partial charge >= 0.3 is 0 Å². The highest BCUT2D eigenvalue weighted by molar-refractivity contribution is 5.58. The molecule has 1 aliphatic rings. The van der Waals surface area contributed by atoms with E-state index in [1.165, 1.54) is 12.8 Å². The number of aromatic nitrogens is 3. The molecule has 2 aromatic heterocycles. The smallest absolute Gasteiger partial charge is 0.129 e. The Hall–Kier alpha value is -1.68. The molecule has 0 bridgehead atoms. The first-order valence-electron chi connectivity index (χ1n) is 7.00. The molecule has 0 radical (unpaired) electrons. The van der Waals surface area contributed by atoms with E-state index in [9.17, 15) is 0 Å². The summed E-state index contributed by atoms with van der Waals surface area (Å²) < 4.78 is 0. The third kappa shape index (κ3) is 3.01. The van der Waals surface area contributed by atoms with Crippen LogP contribution in [0.15, 0.2) is 24.5 Å². The maximum absolute atomic E-state index is 4.72. The van der Waals surface area contributed by atoms with Crippen molar-refractivity contribution in [3.8, 4) is 11.3 Å². The van der Waals surface area contributed by atoms with Crippen LogP contribution in [0.25, 0.3) is 11.3 Å². The van der Waals surface area contributed by atoms with Crippen LogP contribution in [0.5, 0.6) is 0 Å². The first kappa shape index (κ1) is 12.4. The Morgan fingerprint density at radius 1 is 1.26 bits per heavy atom. The van der Waals surface area contributed by atoms with E-state index < -0.39 is 0 Å². The number of hydrogen-bond acceptors (Lipinski definition) is 3. The van der Waals surface area contributed by atoms with Crippen LogP contribution in [0.1, 0.15) is 24.4 Å². The van der Waals surface area contributed by atoms with Crippen molar-refractivity contribution in [2.75, 3.05) is 13.1 Å². The number of nitrogens with zero attached hydrogens (tertiary/aromatic N) is 2. The van der Waals surface area contributed by atoms with Gasteiger partial charge in [-0.2, -0.15) is 0 Å². The summed E-state index contributed by atoms with van der Waals surface area (Å²) >= 11 is 0. The van der Waals surface area contributed by atoms with Gasteiger partial charge in [-0.1, -0.05) is 0 Å². The maximum atomic E-state index is 4.72. The summed E-state index contributed by atoms with van der Waals surface area (Å²) in [6.45, 7) is 4.30. The molecule has 0 aliphatic carbocycles. The Morgan fingerprint density at radius 3 is 2.84 bits per heavy atom. The highest BCUT2D eigenvalue weighted by atomic mass is 14.9. The minimum Gasteiger partial charge on any atom is -0.367 e. The van der Waals surface area contributed by atoms with Crippen LogP contribution in [0, 0.1) is 12.8 Å². The molecule has 1 fully saturated rings. The topological polar surface area (TPSA) is 53.6 Å². The van der Waals surface area contributed by atoms with Crippen LogP contribution >= 0.6 is 0 Å². The Balaban J connectivity index is 1.81. The van der Waals surface area contributed by atoms with E-state index in [-0.39, 0.29) is 0 Å². The van der Waals surface area contributed by atoms with Crippen molar-refractivity contribution in [1.29, 1.82) is 0 Å². The standard InChI is InChI=1S/C15H20N4/c1-11-8-14(13-4-7-17-10-13)19-15(18-11)9-12-2-5-16-6-3-12/h4,7-8,10,12,16-17H,2-3,5-6,9H2,1H3. The second-order valence-corrected chi connectivity index (χ2v) is 5.31. The number of rotatable bonds is 3. The van der Waals surface area contributed by atoms with E-state index in [1.807, 2.05) is 19.3 Å². The number of piperidine rings is 1. The molecule has 1 saturated heterocycles. The van der Waals surface area contributed by atoms with Crippen LogP contribution in [-0.4, -0.2) is 28.0 Å². The first-order valence-corrected chi connectivity index (χ1v) is 7.00. The maximum Gasteiger partial charge on any atom is 0.129 e. The largest absolute Gasteiger partial charge is 0.367 e. The van der Waals surface area contributed by atoms with Gasteiger partial charge in [-0.15, -0.1) is 0 Å². The minimum atomic E-state index is 0.724. The summed E-state index contributed by atoms with van der Waals surface area (Å²) in [4.78, 5) is 12.4. The summed E-state index contributed by atoms with van der Waals surface area (Å²) in [5, 5.41) is 3.40. The van der Waals surface area contributed by atoms with Crippen LogP contribution in [0.3, 0.4) is 0 Å². The van der Waals surface area contributed by atoms with Gasteiger partial charge in [0.05, 0.1) is 5.69 Å². The fourth-order valence-corrected chi connectivity index (χ4v) is 2.70. The van der Waals surface area contributed by atoms with Gasteiger partial charge in [-0.25, -0.2) is 9.97 Å². The quantitative estimate of drug-likeness (QED) is 0.886. The van der Waals surface area contributed by atoms with Gasteiger partial charge in [0.25, 0.3) is 0 Å². The number of aromatic amines is 1. The van der Waals surface area contributed by atoms with E-state index in [2.05, 4.69) is 27.4 Å². The van der Waals surface area contributed by atoms with Crippen molar-refractivity contribution in [2.24, 2.45) is 5.92 Å². The molecule has 19 heavy (non-hydrogen) atoms. The molecule has 4 nitrogen and oxygen atoms in total. The van der Waals surface area contributed by atoms with Crippen molar-refractivity contribution in [3.63, 3.8) is 0 Å². The number of H-pyrrole nitrogens is 1. The minimum absolute atomic E-state index is 0.724. The zero-order chi connectivity index (χ0) is 13.1. The molecule has 0 amide bonds. The molecule has 0 unspecified atom stereocenters. The Kier molecular flexibility index (Phi) is 3.60. The Bertz CT molecular complexity index is 527. The predicted molar refractivity (Wildman–Crippen MR) is 75.9 cm³/mol. The van der Waals surface area contributed by atoms with Gasteiger partial charge < -0.3 is 10.3 Å². The van der Waals surface area contributed by atoms with Crippen molar-refractivity contribution in [2.45, 2.75) is 26.2 Å². The van der Waals surface area contributed by atoms with Gasteiger partial charge in [-0.3, -0.25) is 0 Å². The zero-order valence-electron chi connectivity index (χ0n) is 11.3. The number of aryl methyl sites for hydroxylation is 1. The van der Waals surface area contributed by atoms with Gasteiger partial charge in [0.15, 0.2) is 0 Å². The molecule has 100 valence electrons. The average molecular weight is 256 g/mol. The molecule has 3 rings (SSSR count). The molecular weight excluding hydrogens is 236 g/mol. The van der Waals surface area contributed by atoms with E-state index in [1.54, 1.807) is 0 Å². The molecule has 2 aromatic rings. The van der Waals surface area contributed by atoms with Crippen LogP contribution in [-0.2, 0) is 6.42 Å². The van der Waals surface area contributed by atoms with Gasteiger partial charge in [0.1, 0.15) is 5.82 Å². The van der Waals surface area contributed by atoms with Gasteiger partial charge in [0, 0.05) is 30.1 Å². The van der Waals surface area contributed by atoms with Crippen LogP contribution < -0.4 is 5.32 Å². The zero-order valence-corrected chi connectivity index (χ0v) is 11.3. The second-order valence-electron chi connectivity index (χ2n) is 5.31. The van der Waals surface area contributed by atoms with Gasteiger partial charge in [0.2, 0.25) is 0 Å². The third-order valence-electron chi connectivity index (χ3n) is 3.72. The van der Waals surface area contributed by atoms with Crippen LogP contribution in [0.4, 0.5) is 0 Å². The summed E-state index contributed by atoms with van der Waals surface area (Å²) in [5.74, 6) is 1.71. The molecule has 3 heterocycles. The fraction of sp³-hybridized carbons (Fsp3) is 0.467. The van der Waals surface area contributed by atoms with Crippen molar-refractivity contribution >= 4 is 0 Å². The molecule has 0 saturated carbocycles. The van der Waals surface area contributed by atoms with Crippen LogP contribution in [0.2, 0.25) is 0 Å². The molecule has 0 atom stereocenters. The van der Waals surface area contributed by atoms with E-state index in [4.69, 9.17) is 4.98 Å². The summed E-state index contributed by atoms with van der Waals surface area (Å²) in [6, 6.07) is 4.10. The predicted octanol–water partition coefficient (Wildman–Crippen LogP) is 2.32. The third-order valence-corrected chi connectivity index (χ3v) is 3.72. The molecule has 0 aromatic carbocycles. The second kappa shape index (κ2) is 5.53. The van der Waals surface area contributed by atoms with Crippen molar-refractivity contribution in [3.05, 3.63) is 36.0 Å².